The van der Waals surface area contributed by atoms with Crippen molar-refractivity contribution in [3.05, 3.63) is 5.92 Å². The summed E-state index contributed by atoms with van der Waals surface area (Å²) in [5, 5.41) is 0. The third-order valence-corrected chi connectivity index (χ3v) is 2.71. The lowest BCUT2D eigenvalue weighted by molar-refractivity contribution is 0.524. The smallest absolute Gasteiger partial charge is 0.0272 e. The highest BCUT2D eigenvalue weighted by molar-refractivity contribution is 4.83. The fourth-order valence-electron chi connectivity index (χ4n) is 1.86. The van der Waals surface area contributed by atoms with Gasteiger partial charge in [0.05, 0.1) is 0 Å². The van der Waals surface area contributed by atoms with E-state index in [9.17, 15) is 0 Å². The molecule has 0 saturated heterocycles. The molecule has 1 rings (SSSR count). The molecule has 1 aliphatic rings. The quantitative estimate of drug-likeness (QED) is 0.491. The van der Waals surface area contributed by atoms with Gasteiger partial charge in [0.15, 0.2) is 0 Å². The molecule has 1 radical (unpaired) electrons. The number of hydrogen-bond donors (Lipinski definition) is 0. The maximum Gasteiger partial charge on any atom is -0.0272 e. The summed E-state index contributed by atoms with van der Waals surface area (Å²) >= 11 is 0. The van der Waals surface area contributed by atoms with Gasteiger partial charge in [-0.15, -0.1) is 0 Å². The monoisotopic (exact) mass is 153 g/mol. The standard InChI is InChI=1S/C11H21/c1-11-9-7-5-3-2-4-6-8-10-11/h2-10H2,1H3. The first-order chi connectivity index (χ1) is 5.39. The van der Waals surface area contributed by atoms with Crippen molar-refractivity contribution in [3.8, 4) is 0 Å². The van der Waals surface area contributed by atoms with Gasteiger partial charge >= 0.3 is 0 Å². The number of hydrogen-bond acceptors (Lipinski definition) is 0. The molecule has 1 saturated carbocycles. The van der Waals surface area contributed by atoms with Gasteiger partial charge in [-0.25, -0.2) is 0 Å². The van der Waals surface area contributed by atoms with Crippen molar-refractivity contribution in [2.24, 2.45) is 0 Å². The van der Waals surface area contributed by atoms with Crippen molar-refractivity contribution in [1.82, 2.24) is 0 Å². The predicted octanol–water partition coefficient (Wildman–Crippen LogP) is 4.11. The van der Waals surface area contributed by atoms with Gasteiger partial charge in [0, 0.05) is 0 Å². The summed E-state index contributed by atoms with van der Waals surface area (Å²) in [7, 11) is 0. The third kappa shape index (κ3) is 4.44. The minimum atomic E-state index is 1.40. The van der Waals surface area contributed by atoms with Crippen molar-refractivity contribution in [2.75, 3.05) is 0 Å². The van der Waals surface area contributed by atoms with E-state index in [-0.39, 0.29) is 0 Å². The second kappa shape index (κ2) is 5.62. The summed E-state index contributed by atoms with van der Waals surface area (Å²) in [6, 6.07) is 0. The fourth-order valence-corrected chi connectivity index (χ4v) is 1.86. The van der Waals surface area contributed by atoms with Crippen LogP contribution in [-0.4, -0.2) is 0 Å². The van der Waals surface area contributed by atoms with Crippen LogP contribution >= 0.6 is 0 Å². The molecular weight excluding hydrogens is 132 g/mol. The van der Waals surface area contributed by atoms with E-state index in [2.05, 4.69) is 6.92 Å². The molecule has 0 N–H and O–H groups in total. The topological polar surface area (TPSA) is 0 Å². The minimum Gasteiger partial charge on any atom is -0.0591 e. The molecule has 0 aromatic heterocycles. The zero-order valence-corrected chi connectivity index (χ0v) is 7.86. The fraction of sp³-hybridized carbons (Fsp3) is 0.909. The second-order valence-electron chi connectivity index (χ2n) is 3.93. The molecule has 0 atom stereocenters. The Morgan fingerprint density at radius 2 is 1.00 bits per heavy atom. The molecule has 0 unspecified atom stereocenters. The molecule has 0 aliphatic heterocycles. The van der Waals surface area contributed by atoms with Crippen LogP contribution in [0.1, 0.15) is 64.7 Å². The maximum absolute atomic E-state index is 2.33. The lowest BCUT2D eigenvalue weighted by atomic mass is 9.94. The Labute approximate surface area is 71.4 Å². The average Bonchev–Trinajstić information content (AvgIpc) is 2.03. The molecule has 0 spiro atoms. The van der Waals surface area contributed by atoms with Crippen LogP contribution < -0.4 is 0 Å². The molecule has 65 valence electrons. The molecule has 0 aromatic carbocycles. The van der Waals surface area contributed by atoms with Gasteiger partial charge in [0.2, 0.25) is 0 Å². The summed E-state index contributed by atoms with van der Waals surface area (Å²) in [5.74, 6) is 1.74. The van der Waals surface area contributed by atoms with Crippen LogP contribution in [-0.2, 0) is 0 Å². The van der Waals surface area contributed by atoms with Crippen molar-refractivity contribution in [1.29, 1.82) is 0 Å². The van der Waals surface area contributed by atoms with Gasteiger partial charge in [-0.1, -0.05) is 51.9 Å². The Morgan fingerprint density at radius 3 is 1.45 bits per heavy atom. The summed E-state index contributed by atoms with van der Waals surface area (Å²) in [6.45, 7) is 2.33. The highest BCUT2D eigenvalue weighted by Crippen LogP contribution is 2.21. The first-order valence-corrected chi connectivity index (χ1v) is 5.21. The molecule has 11 heavy (non-hydrogen) atoms. The zero-order chi connectivity index (χ0) is 7.94. The molecule has 0 amide bonds. The average molecular weight is 153 g/mol. The van der Waals surface area contributed by atoms with E-state index < -0.39 is 0 Å². The van der Waals surface area contributed by atoms with Gasteiger partial charge < -0.3 is 0 Å². The minimum absolute atomic E-state index is 1.40. The van der Waals surface area contributed by atoms with Crippen LogP contribution in [0.5, 0.6) is 0 Å². The van der Waals surface area contributed by atoms with Crippen molar-refractivity contribution < 1.29 is 0 Å². The maximum atomic E-state index is 2.33. The van der Waals surface area contributed by atoms with Gasteiger partial charge in [-0.05, 0) is 18.8 Å². The van der Waals surface area contributed by atoms with Crippen LogP contribution in [0.15, 0.2) is 0 Å². The molecule has 1 fully saturated rings. The highest BCUT2D eigenvalue weighted by atomic mass is 14.1. The number of rotatable bonds is 0. The molecule has 0 heteroatoms. The van der Waals surface area contributed by atoms with Crippen LogP contribution in [0, 0.1) is 5.92 Å². The van der Waals surface area contributed by atoms with E-state index in [4.69, 9.17) is 0 Å². The molecular formula is C11H21. The van der Waals surface area contributed by atoms with Gasteiger partial charge in [0.25, 0.3) is 0 Å². The second-order valence-corrected chi connectivity index (χ2v) is 3.93. The van der Waals surface area contributed by atoms with Gasteiger partial charge in [-0.2, -0.15) is 0 Å². The van der Waals surface area contributed by atoms with E-state index >= 15 is 0 Å². The van der Waals surface area contributed by atoms with Crippen LogP contribution in [0.25, 0.3) is 0 Å². The Kier molecular flexibility index (Phi) is 4.65. The normalized spacial score (nSPS) is 24.8. The van der Waals surface area contributed by atoms with Crippen LogP contribution in [0.2, 0.25) is 0 Å². The Hall–Kier alpha value is 0. The van der Waals surface area contributed by atoms with Gasteiger partial charge in [0.1, 0.15) is 0 Å². The lowest BCUT2D eigenvalue weighted by Crippen LogP contribution is -1.94. The van der Waals surface area contributed by atoms with E-state index in [0.717, 1.165) is 0 Å². The molecule has 0 bridgehead atoms. The SMILES string of the molecule is C[C]1CCCCCCCCC1. The Morgan fingerprint density at radius 1 is 0.636 bits per heavy atom. The molecule has 1 aliphatic carbocycles. The first-order valence-electron chi connectivity index (χ1n) is 5.21. The van der Waals surface area contributed by atoms with Crippen molar-refractivity contribution in [3.63, 3.8) is 0 Å². The predicted molar refractivity (Wildman–Crippen MR) is 50.5 cm³/mol. The lowest BCUT2D eigenvalue weighted by Gasteiger charge is -2.12. The van der Waals surface area contributed by atoms with Crippen molar-refractivity contribution in [2.45, 2.75) is 64.7 Å². The Bertz CT molecular complexity index is 76.0. The highest BCUT2D eigenvalue weighted by Gasteiger charge is 2.04. The van der Waals surface area contributed by atoms with Crippen LogP contribution in [0.4, 0.5) is 0 Å². The van der Waals surface area contributed by atoms with E-state index in [1.54, 1.807) is 5.92 Å². The van der Waals surface area contributed by atoms with Crippen molar-refractivity contribution >= 4 is 0 Å². The van der Waals surface area contributed by atoms with E-state index in [1.807, 2.05) is 0 Å². The summed E-state index contributed by atoms with van der Waals surface area (Å²) in [5.41, 5.74) is 0. The van der Waals surface area contributed by atoms with E-state index in [0.29, 0.717) is 0 Å². The largest absolute Gasteiger partial charge is 0.0591 e. The Balaban J connectivity index is 2.12. The molecule has 0 aromatic rings. The van der Waals surface area contributed by atoms with Crippen LogP contribution in [0.3, 0.4) is 0 Å². The summed E-state index contributed by atoms with van der Waals surface area (Å²) in [6.07, 6.45) is 13.1. The zero-order valence-electron chi connectivity index (χ0n) is 7.86. The van der Waals surface area contributed by atoms with E-state index in [1.165, 1.54) is 57.8 Å². The third-order valence-electron chi connectivity index (χ3n) is 2.71. The first kappa shape index (κ1) is 9.09. The summed E-state index contributed by atoms with van der Waals surface area (Å²) in [4.78, 5) is 0. The van der Waals surface area contributed by atoms with Gasteiger partial charge in [-0.3, -0.25) is 0 Å². The summed E-state index contributed by atoms with van der Waals surface area (Å²) < 4.78 is 0. The molecule has 0 heterocycles. The molecule has 0 nitrogen and oxygen atoms in total.